The molecule has 2 N–H and O–H groups in total. The molecule has 0 atom stereocenters. The van der Waals surface area contributed by atoms with Crippen molar-refractivity contribution < 1.29 is 17.6 Å². The first kappa shape index (κ1) is 20.0. The van der Waals surface area contributed by atoms with Crippen molar-refractivity contribution in [3.63, 3.8) is 0 Å². The molecule has 0 aliphatic heterocycles. The third kappa shape index (κ3) is 4.56. The van der Waals surface area contributed by atoms with E-state index < -0.39 is 21.7 Å². The van der Waals surface area contributed by atoms with E-state index in [1.807, 2.05) is 0 Å². The van der Waals surface area contributed by atoms with Gasteiger partial charge in [0.1, 0.15) is 10.0 Å². The maximum Gasteiger partial charge on any atom is 0.273 e. The van der Waals surface area contributed by atoms with E-state index >= 15 is 0 Å². The van der Waals surface area contributed by atoms with Gasteiger partial charge in [0.15, 0.2) is 0 Å². The lowest BCUT2D eigenvalue weighted by Gasteiger charge is -2.10. The molecule has 0 aliphatic rings. The number of anilines is 1. The molecule has 10 heteroatoms. The van der Waals surface area contributed by atoms with Gasteiger partial charge in [0.05, 0.1) is 22.5 Å². The first-order valence-electron chi connectivity index (χ1n) is 7.81. The monoisotopic (exact) mass is 437 g/mol. The Morgan fingerprint density at radius 2 is 1.89 bits per heavy atom. The van der Waals surface area contributed by atoms with E-state index in [1.54, 1.807) is 23.6 Å². The SMILES string of the molecule is O=C(NN=Cc1c(F)cccc1Cl)c1ccccc1NS(=O)(=O)c1cccs1. The van der Waals surface area contributed by atoms with Crippen LogP contribution in [-0.2, 0) is 10.0 Å². The number of hydrogen-bond donors (Lipinski definition) is 2. The van der Waals surface area contributed by atoms with Gasteiger partial charge in [-0.05, 0) is 35.7 Å². The molecule has 3 rings (SSSR count). The number of benzene rings is 2. The van der Waals surface area contributed by atoms with Crippen LogP contribution in [0.4, 0.5) is 10.1 Å². The summed E-state index contributed by atoms with van der Waals surface area (Å²) < 4.78 is 41.0. The van der Waals surface area contributed by atoms with Crippen LogP contribution in [0.25, 0.3) is 0 Å². The highest BCUT2D eigenvalue weighted by Gasteiger charge is 2.19. The molecule has 0 bridgehead atoms. The molecule has 144 valence electrons. The van der Waals surface area contributed by atoms with E-state index in [4.69, 9.17) is 11.6 Å². The van der Waals surface area contributed by atoms with E-state index in [0.29, 0.717) is 0 Å². The fourth-order valence-corrected chi connectivity index (χ4v) is 4.52. The predicted molar refractivity (Wildman–Crippen MR) is 108 cm³/mol. The minimum Gasteiger partial charge on any atom is -0.278 e. The van der Waals surface area contributed by atoms with Crippen molar-refractivity contribution in [2.45, 2.75) is 4.21 Å². The summed E-state index contributed by atoms with van der Waals surface area (Å²) in [5, 5.41) is 5.48. The van der Waals surface area contributed by atoms with Crippen molar-refractivity contribution >= 4 is 50.8 Å². The predicted octanol–water partition coefficient (Wildman–Crippen LogP) is 4.11. The molecule has 2 aromatic carbocycles. The van der Waals surface area contributed by atoms with Gasteiger partial charge in [-0.2, -0.15) is 5.10 Å². The zero-order valence-corrected chi connectivity index (χ0v) is 16.5. The van der Waals surface area contributed by atoms with E-state index in [0.717, 1.165) is 17.6 Å². The first-order valence-corrected chi connectivity index (χ1v) is 10.6. The second-order valence-corrected chi connectivity index (χ2v) is 8.68. The van der Waals surface area contributed by atoms with Crippen molar-refractivity contribution in [3.05, 3.63) is 81.9 Å². The van der Waals surface area contributed by atoms with E-state index in [1.165, 1.54) is 36.4 Å². The number of para-hydroxylation sites is 1. The Balaban J connectivity index is 1.79. The number of nitrogens with zero attached hydrogens (tertiary/aromatic N) is 1. The van der Waals surface area contributed by atoms with Crippen molar-refractivity contribution in [2.24, 2.45) is 5.10 Å². The molecule has 0 saturated heterocycles. The number of amides is 1. The van der Waals surface area contributed by atoms with Crippen LogP contribution in [0.15, 0.2) is 69.3 Å². The summed E-state index contributed by atoms with van der Waals surface area (Å²) in [5.74, 6) is -1.26. The molecule has 6 nitrogen and oxygen atoms in total. The standard InChI is InChI=1S/C18H13ClFN3O3S2/c19-14-6-3-7-15(20)13(14)11-21-22-18(24)12-5-1-2-8-16(12)23-28(25,26)17-9-4-10-27-17/h1-11,23H,(H,22,24). The smallest absolute Gasteiger partial charge is 0.273 e. The number of rotatable bonds is 6. The number of halogens is 2. The largest absolute Gasteiger partial charge is 0.278 e. The number of carbonyl (C=O) groups excluding carboxylic acids is 1. The molecule has 0 unspecified atom stereocenters. The maximum atomic E-state index is 13.7. The van der Waals surface area contributed by atoms with Crippen molar-refractivity contribution in [3.8, 4) is 0 Å². The van der Waals surface area contributed by atoms with E-state index in [2.05, 4.69) is 15.2 Å². The van der Waals surface area contributed by atoms with Crippen LogP contribution in [0, 0.1) is 5.82 Å². The van der Waals surface area contributed by atoms with Crippen LogP contribution >= 0.6 is 22.9 Å². The highest BCUT2D eigenvalue weighted by molar-refractivity contribution is 7.94. The van der Waals surface area contributed by atoms with Crippen molar-refractivity contribution in [1.29, 1.82) is 0 Å². The summed E-state index contributed by atoms with van der Waals surface area (Å²) in [5.41, 5.74) is 2.41. The number of sulfonamides is 1. The number of carbonyl (C=O) groups is 1. The molecule has 0 saturated carbocycles. The molecule has 0 radical (unpaired) electrons. The Labute approximate surface area is 169 Å². The zero-order chi connectivity index (χ0) is 20.1. The van der Waals surface area contributed by atoms with Gasteiger partial charge in [-0.3, -0.25) is 9.52 Å². The van der Waals surface area contributed by atoms with Gasteiger partial charge in [-0.25, -0.2) is 18.2 Å². The van der Waals surface area contributed by atoms with Crippen molar-refractivity contribution in [2.75, 3.05) is 4.72 Å². The quantitative estimate of drug-likeness (QED) is 0.449. The summed E-state index contributed by atoms with van der Waals surface area (Å²) in [6.07, 6.45) is 1.08. The third-order valence-corrected chi connectivity index (χ3v) is 6.63. The average molecular weight is 438 g/mol. The van der Waals surface area contributed by atoms with Gasteiger partial charge >= 0.3 is 0 Å². The Morgan fingerprint density at radius 3 is 2.61 bits per heavy atom. The Morgan fingerprint density at radius 1 is 1.11 bits per heavy atom. The van der Waals surface area contributed by atoms with Crippen LogP contribution < -0.4 is 10.1 Å². The maximum absolute atomic E-state index is 13.7. The Hall–Kier alpha value is -2.75. The lowest BCUT2D eigenvalue weighted by molar-refractivity contribution is 0.0956. The van der Waals surface area contributed by atoms with Crippen LogP contribution in [0.5, 0.6) is 0 Å². The number of thiophene rings is 1. The fraction of sp³-hybridized carbons (Fsp3) is 0. The molecule has 0 fully saturated rings. The highest BCUT2D eigenvalue weighted by Crippen LogP contribution is 2.23. The van der Waals surface area contributed by atoms with Gasteiger partial charge in [-0.1, -0.05) is 35.9 Å². The second kappa shape index (κ2) is 8.51. The van der Waals surface area contributed by atoms with E-state index in [9.17, 15) is 17.6 Å². The van der Waals surface area contributed by atoms with Gasteiger partial charge in [0.25, 0.3) is 15.9 Å². The molecular formula is C18H13ClFN3O3S2. The Bertz CT molecular complexity index is 1110. The molecule has 1 amide bonds. The lowest BCUT2D eigenvalue weighted by Crippen LogP contribution is -2.21. The molecule has 1 aromatic heterocycles. The lowest BCUT2D eigenvalue weighted by atomic mass is 10.2. The van der Waals surface area contributed by atoms with E-state index in [-0.39, 0.29) is 26.0 Å². The highest BCUT2D eigenvalue weighted by atomic mass is 35.5. The molecule has 0 aliphatic carbocycles. The topological polar surface area (TPSA) is 87.6 Å². The average Bonchev–Trinajstić information content (AvgIpc) is 3.20. The van der Waals surface area contributed by atoms with Gasteiger partial charge < -0.3 is 0 Å². The number of hydrazone groups is 1. The van der Waals surface area contributed by atoms with Gasteiger partial charge in [0.2, 0.25) is 0 Å². The van der Waals surface area contributed by atoms with Gasteiger partial charge in [-0.15, -0.1) is 11.3 Å². The molecule has 3 aromatic rings. The van der Waals surface area contributed by atoms with Crippen molar-refractivity contribution in [1.82, 2.24) is 5.43 Å². The van der Waals surface area contributed by atoms with Crippen LogP contribution in [-0.4, -0.2) is 20.5 Å². The number of nitrogens with one attached hydrogen (secondary N) is 2. The zero-order valence-electron chi connectivity index (χ0n) is 14.1. The second-order valence-electron chi connectivity index (χ2n) is 5.42. The normalized spacial score (nSPS) is 11.5. The number of hydrogen-bond acceptors (Lipinski definition) is 5. The van der Waals surface area contributed by atoms with Crippen LogP contribution in [0.2, 0.25) is 5.02 Å². The summed E-state index contributed by atoms with van der Waals surface area (Å²) in [7, 11) is -3.82. The summed E-state index contributed by atoms with van der Waals surface area (Å²) in [6.45, 7) is 0. The third-order valence-electron chi connectivity index (χ3n) is 3.54. The first-order chi connectivity index (χ1) is 13.4. The van der Waals surface area contributed by atoms with Crippen LogP contribution in [0.3, 0.4) is 0 Å². The molecule has 1 heterocycles. The summed E-state index contributed by atoms with van der Waals surface area (Å²) >= 11 is 6.94. The summed E-state index contributed by atoms with van der Waals surface area (Å²) in [6, 6.07) is 13.3. The van der Waals surface area contributed by atoms with Gasteiger partial charge in [0, 0.05) is 5.56 Å². The molecular weight excluding hydrogens is 425 g/mol. The summed E-state index contributed by atoms with van der Waals surface area (Å²) in [4.78, 5) is 12.4. The fourth-order valence-electron chi connectivity index (χ4n) is 2.23. The molecule has 0 spiro atoms. The van der Waals surface area contributed by atoms with Crippen LogP contribution in [0.1, 0.15) is 15.9 Å². The minimum atomic E-state index is -3.82. The molecule has 28 heavy (non-hydrogen) atoms. The minimum absolute atomic E-state index is 0.0242. The Kier molecular flexibility index (Phi) is 6.08.